The van der Waals surface area contributed by atoms with E-state index in [1.165, 1.54) is 0 Å². The summed E-state index contributed by atoms with van der Waals surface area (Å²) in [5, 5.41) is 5.95. The lowest BCUT2D eigenvalue weighted by Gasteiger charge is -2.17. The van der Waals surface area contributed by atoms with Crippen molar-refractivity contribution in [1.82, 2.24) is 20.2 Å². The van der Waals surface area contributed by atoms with Crippen LogP contribution in [0.25, 0.3) is 5.69 Å². The third-order valence-corrected chi connectivity index (χ3v) is 4.83. The lowest BCUT2D eigenvalue weighted by molar-refractivity contribution is 0.0941. The molecule has 0 bridgehead atoms. The zero-order chi connectivity index (χ0) is 18.1. The van der Waals surface area contributed by atoms with Gasteiger partial charge in [-0.3, -0.25) is 9.59 Å². The molecule has 7 heteroatoms. The van der Waals surface area contributed by atoms with Gasteiger partial charge in [0.05, 0.1) is 24.1 Å². The number of hydrogen-bond acceptors (Lipinski definition) is 4. The van der Waals surface area contributed by atoms with Crippen LogP contribution < -0.4 is 15.4 Å². The van der Waals surface area contributed by atoms with Crippen molar-refractivity contribution < 1.29 is 14.3 Å². The third-order valence-electron chi connectivity index (χ3n) is 4.83. The number of nitrogens with zero attached hydrogens (tertiary/aromatic N) is 2. The summed E-state index contributed by atoms with van der Waals surface area (Å²) in [6, 6.07) is 5.65. The van der Waals surface area contributed by atoms with E-state index in [2.05, 4.69) is 15.6 Å². The maximum atomic E-state index is 12.6. The first kappa shape index (κ1) is 16.6. The SMILES string of the molecule is COc1ccc2c(c1)C(=O)NCCCCc1c(C(=O)NC3CC3)ncn1-2. The minimum Gasteiger partial charge on any atom is -0.497 e. The number of ether oxygens (including phenoxy) is 1. The van der Waals surface area contributed by atoms with Crippen LogP contribution in [0.1, 0.15) is 52.2 Å². The van der Waals surface area contributed by atoms with Gasteiger partial charge in [0.1, 0.15) is 17.8 Å². The van der Waals surface area contributed by atoms with Crippen LogP contribution in [0.4, 0.5) is 0 Å². The van der Waals surface area contributed by atoms with Gasteiger partial charge in [0.2, 0.25) is 0 Å². The number of benzene rings is 1. The fourth-order valence-corrected chi connectivity index (χ4v) is 3.24. The van der Waals surface area contributed by atoms with Crippen LogP contribution in [0.3, 0.4) is 0 Å². The van der Waals surface area contributed by atoms with E-state index in [-0.39, 0.29) is 17.9 Å². The summed E-state index contributed by atoms with van der Waals surface area (Å²) in [6.45, 7) is 0.604. The molecule has 0 unspecified atom stereocenters. The number of carbonyl (C=O) groups excluding carboxylic acids is 2. The molecule has 1 aromatic heterocycles. The van der Waals surface area contributed by atoms with Crippen molar-refractivity contribution in [3.8, 4) is 11.4 Å². The second-order valence-electron chi connectivity index (χ2n) is 6.75. The van der Waals surface area contributed by atoms with Crippen LogP contribution in [0, 0.1) is 0 Å². The number of rotatable bonds is 3. The smallest absolute Gasteiger partial charge is 0.271 e. The summed E-state index contributed by atoms with van der Waals surface area (Å²) in [4.78, 5) is 29.6. The van der Waals surface area contributed by atoms with Gasteiger partial charge in [-0.15, -0.1) is 0 Å². The predicted molar refractivity (Wildman–Crippen MR) is 95.9 cm³/mol. The van der Waals surface area contributed by atoms with Crippen molar-refractivity contribution in [3.63, 3.8) is 0 Å². The summed E-state index contributed by atoms with van der Waals surface area (Å²) in [5.41, 5.74) is 2.53. The highest BCUT2D eigenvalue weighted by Crippen LogP contribution is 2.26. The molecule has 0 spiro atoms. The second kappa shape index (κ2) is 6.82. The molecule has 136 valence electrons. The van der Waals surface area contributed by atoms with Gasteiger partial charge in [-0.2, -0.15) is 0 Å². The van der Waals surface area contributed by atoms with E-state index >= 15 is 0 Å². The van der Waals surface area contributed by atoms with Crippen LogP contribution >= 0.6 is 0 Å². The number of amides is 2. The fourth-order valence-electron chi connectivity index (χ4n) is 3.24. The molecule has 1 saturated carbocycles. The Kier molecular flexibility index (Phi) is 4.36. The van der Waals surface area contributed by atoms with E-state index in [1.807, 2.05) is 16.7 Å². The number of hydrogen-bond donors (Lipinski definition) is 2. The van der Waals surface area contributed by atoms with E-state index in [0.29, 0.717) is 29.2 Å². The van der Waals surface area contributed by atoms with Gasteiger partial charge in [0.25, 0.3) is 11.8 Å². The van der Waals surface area contributed by atoms with Gasteiger partial charge < -0.3 is 19.9 Å². The molecule has 0 atom stereocenters. The maximum absolute atomic E-state index is 12.6. The Bertz CT molecular complexity index is 854. The number of imidazole rings is 1. The Morgan fingerprint density at radius 3 is 2.96 bits per heavy atom. The largest absolute Gasteiger partial charge is 0.497 e. The molecule has 4 rings (SSSR count). The van der Waals surface area contributed by atoms with Gasteiger partial charge in [0.15, 0.2) is 0 Å². The summed E-state index contributed by atoms with van der Waals surface area (Å²) < 4.78 is 7.13. The lowest BCUT2D eigenvalue weighted by Crippen LogP contribution is -2.28. The molecule has 7 nitrogen and oxygen atoms in total. The van der Waals surface area contributed by atoms with E-state index in [9.17, 15) is 9.59 Å². The Hall–Kier alpha value is -2.83. The Morgan fingerprint density at radius 2 is 2.19 bits per heavy atom. The normalized spacial score (nSPS) is 16.9. The molecule has 1 aromatic carbocycles. The lowest BCUT2D eigenvalue weighted by atomic mass is 10.1. The van der Waals surface area contributed by atoms with Crippen molar-refractivity contribution in [1.29, 1.82) is 0 Å². The van der Waals surface area contributed by atoms with Crippen molar-refractivity contribution in [3.05, 3.63) is 41.5 Å². The summed E-state index contributed by atoms with van der Waals surface area (Å²) >= 11 is 0. The van der Waals surface area contributed by atoms with Gasteiger partial charge in [-0.05, 0) is 50.3 Å². The van der Waals surface area contributed by atoms with Crippen LogP contribution in [-0.4, -0.2) is 41.1 Å². The Balaban J connectivity index is 1.80. The molecule has 2 aromatic rings. The van der Waals surface area contributed by atoms with Gasteiger partial charge >= 0.3 is 0 Å². The quantitative estimate of drug-likeness (QED) is 0.881. The molecule has 1 fully saturated rings. The molecule has 1 aliphatic carbocycles. The molecule has 0 radical (unpaired) electrons. The van der Waals surface area contributed by atoms with E-state index in [1.54, 1.807) is 19.5 Å². The van der Waals surface area contributed by atoms with Crippen molar-refractivity contribution >= 4 is 11.8 Å². The molecular weight excluding hydrogens is 332 g/mol. The van der Waals surface area contributed by atoms with Crippen LogP contribution in [0.2, 0.25) is 0 Å². The minimum atomic E-state index is -0.149. The number of aromatic nitrogens is 2. The standard InChI is InChI=1S/C19H22N4O3/c1-26-13-7-8-15-14(10-13)18(24)20-9-3-2-4-16-17(21-11-23(15)16)19(25)22-12-5-6-12/h7-8,10-12H,2-6,9H2,1H3,(H,20,24)(H,22,25). The van der Waals surface area contributed by atoms with Gasteiger partial charge in [-0.25, -0.2) is 4.98 Å². The Labute approximate surface area is 151 Å². The zero-order valence-corrected chi connectivity index (χ0v) is 14.7. The van der Waals surface area contributed by atoms with Crippen LogP contribution in [0.15, 0.2) is 24.5 Å². The van der Waals surface area contributed by atoms with Gasteiger partial charge in [-0.1, -0.05) is 0 Å². The second-order valence-corrected chi connectivity index (χ2v) is 6.75. The number of nitrogens with one attached hydrogen (secondary N) is 2. The summed E-state index contributed by atoms with van der Waals surface area (Å²) in [6.07, 6.45) is 6.16. The fraction of sp³-hybridized carbons (Fsp3) is 0.421. The van der Waals surface area contributed by atoms with Gasteiger partial charge in [0, 0.05) is 12.6 Å². The average Bonchev–Trinajstić information content (AvgIpc) is 3.36. The average molecular weight is 354 g/mol. The zero-order valence-electron chi connectivity index (χ0n) is 14.7. The Morgan fingerprint density at radius 1 is 1.35 bits per heavy atom. The number of fused-ring (bicyclic) bond motifs is 3. The molecular formula is C19H22N4O3. The molecule has 0 saturated heterocycles. The molecule has 2 amide bonds. The number of carbonyl (C=O) groups is 2. The topological polar surface area (TPSA) is 85.2 Å². The van der Waals surface area contributed by atoms with Crippen LogP contribution in [-0.2, 0) is 6.42 Å². The first-order valence-corrected chi connectivity index (χ1v) is 9.01. The molecule has 2 aliphatic rings. The van der Waals surface area contributed by atoms with Crippen molar-refractivity contribution in [2.24, 2.45) is 0 Å². The van der Waals surface area contributed by atoms with E-state index < -0.39 is 0 Å². The van der Waals surface area contributed by atoms with E-state index in [0.717, 1.165) is 37.8 Å². The molecule has 1 aliphatic heterocycles. The first-order valence-electron chi connectivity index (χ1n) is 9.01. The monoisotopic (exact) mass is 354 g/mol. The summed E-state index contributed by atoms with van der Waals surface area (Å²) in [5.74, 6) is 0.339. The minimum absolute atomic E-state index is 0.127. The molecule has 2 N–H and O–H groups in total. The highest BCUT2D eigenvalue weighted by molar-refractivity contribution is 5.99. The molecule has 2 heterocycles. The highest BCUT2D eigenvalue weighted by Gasteiger charge is 2.28. The van der Waals surface area contributed by atoms with Crippen molar-refractivity contribution in [2.75, 3.05) is 13.7 Å². The number of methoxy groups -OCH3 is 1. The maximum Gasteiger partial charge on any atom is 0.271 e. The summed E-state index contributed by atoms with van der Waals surface area (Å²) in [7, 11) is 1.57. The van der Waals surface area contributed by atoms with E-state index in [4.69, 9.17) is 4.74 Å². The van der Waals surface area contributed by atoms with Crippen molar-refractivity contribution in [2.45, 2.75) is 38.1 Å². The predicted octanol–water partition coefficient (Wildman–Crippen LogP) is 1.84. The van der Waals surface area contributed by atoms with Crippen LogP contribution in [0.5, 0.6) is 5.75 Å². The third kappa shape index (κ3) is 3.16. The molecule has 26 heavy (non-hydrogen) atoms. The highest BCUT2D eigenvalue weighted by atomic mass is 16.5. The first-order chi connectivity index (χ1) is 12.7.